The standard InChI is InChI=1S/C18H27N3O2S2/c22-17(19-7-12-24-14-16-6-4-11-25-16)15-5-3-10-21(13-15)18(23)20-8-1-2-9-20/h4,6,11,15H,1-3,5,7-10,12-14H2,(H,19,22)/t15-/m0/s1. The molecule has 3 heterocycles. The van der Waals surface area contributed by atoms with E-state index >= 15 is 0 Å². The molecule has 5 nitrogen and oxygen atoms in total. The number of piperidine rings is 1. The molecule has 1 aromatic heterocycles. The largest absolute Gasteiger partial charge is 0.355 e. The first-order valence-electron chi connectivity index (χ1n) is 9.16. The van der Waals surface area contributed by atoms with Crippen LogP contribution in [0, 0.1) is 5.92 Å². The number of thiophene rings is 1. The molecule has 0 spiro atoms. The van der Waals surface area contributed by atoms with E-state index in [1.165, 1.54) is 4.88 Å². The summed E-state index contributed by atoms with van der Waals surface area (Å²) in [6.07, 6.45) is 4.02. The molecule has 2 fully saturated rings. The minimum atomic E-state index is -0.0531. The van der Waals surface area contributed by atoms with Gasteiger partial charge in [-0.2, -0.15) is 11.8 Å². The highest BCUT2D eigenvalue weighted by molar-refractivity contribution is 7.98. The maximum Gasteiger partial charge on any atom is 0.320 e. The van der Waals surface area contributed by atoms with Gasteiger partial charge in [0.25, 0.3) is 0 Å². The number of carbonyl (C=O) groups excluding carboxylic acids is 2. The molecule has 0 aromatic carbocycles. The highest BCUT2D eigenvalue weighted by atomic mass is 32.2. The fourth-order valence-electron chi connectivity index (χ4n) is 3.43. The van der Waals surface area contributed by atoms with Gasteiger partial charge < -0.3 is 15.1 Å². The maximum atomic E-state index is 12.5. The van der Waals surface area contributed by atoms with Crippen LogP contribution >= 0.6 is 23.1 Å². The minimum Gasteiger partial charge on any atom is -0.355 e. The Kier molecular flexibility index (Phi) is 7.04. The average molecular weight is 382 g/mol. The van der Waals surface area contributed by atoms with Crippen molar-refractivity contribution in [2.45, 2.75) is 31.4 Å². The molecule has 1 atom stereocenters. The predicted molar refractivity (Wildman–Crippen MR) is 104 cm³/mol. The van der Waals surface area contributed by atoms with E-state index in [-0.39, 0.29) is 17.9 Å². The minimum absolute atomic E-state index is 0.0531. The van der Waals surface area contributed by atoms with Gasteiger partial charge in [-0.1, -0.05) is 6.07 Å². The zero-order valence-electron chi connectivity index (χ0n) is 14.6. The van der Waals surface area contributed by atoms with E-state index < -0.39 is 0 Å². The van der Waals surface area contributed by atoms with Crippen molar-refractivity contribution in [3.8, 4) is 0 Å². The number of hydrogen-bond donors (Lipinski definition) is 1. The Hall–Kier alpha value is -1.21. The lowest BCUT2D eigenvalue weighted by molar-refractivity contribution is -0.126. The Bertz CT molecular complexity index is 559. The molecule has 3 rings (SSSR count). The fraction of sp³-hybridized carbons (Fsp3) is 0.667. The van der Waals surface area contributed by atoms with Gasteiger partial charge in [-0.25, -0.2) is 4.79 Å². The van der Waals surface area contributed by atoms with E-state index in [0.29, 0.717) is 13.1 Å². The Morgan fingerprint density at radius 1 is 1.20 bits per heavy atom. The van der Waals surface area contributed by atoms with Crippen molar-refractivity contribution in [3.63, 3.8) is 0 Å². The van der Waals surface area contributed by atoms with Crippen LogP contribution in [0.25, 0.3) is 0 Å². The zero-order chi connectivity index (χ0) is 17.5. The Balaban J connectivity index is 1.35. The highest BCUT2D eigenvalue weighted by Gasteiger charge is 2.31. The van der Waals surface area contributed by atoms with Gasteiger partial charge in [0.2, 0.25) is 5.91 Å². The molecule has 2 aliphatic heterocycles. The second-order valence-corrected chi connectivity index (χ2v) is 8.82. The van der Waals surface area contributed by atoms with Gasteiger partial charge in [-0.15, -0.1) is 11.3 Å². The molecular formula is C18H27N3O2S2. The molecule has 2 saturated heterocycles. The van der Waals surface area contributed by atoms with Crippen LogP contribution in [0.3, 0.4) is 0 Å². The monoisotopic (exact) mass is 381 g/mol. The molecule has 0 radical (unpaired) electrons. The first-order chi connectivity index (χ1) is 12.2. The summed E-state index contributed by atoms with van der Waals surface area (Å²) in [7, 11) is 0. The van der Waals surface area contributed by atoms with Crippen molar-refractivity contribution in [2.75, 3.05) is 38.5 Å². The number of thioether (sulfide) groups is 1. The van der Waals surface area contributed by atoms with Gasteiger partial charge in [-0.3, -0.25) is 4.79 Å². The molecular weight excluding hydrogens is 354 g/mol. The van der Waals surface area contributed by atoms with Crippen molar-refractivity contribution in [3.05, 3.63) is 22.4 Å². The van der Waals surface area contributed by atoms with Crippen molar-refractivity contribution in [2.24, 2.45) is 5.92 Å². The van der Waals surface area contributed by atoms with Crippen molar-refractivity contribution >= 4 is 35.0 Å². The molecule has 25 heavy (non-hydrogen) atoms. The second-order valence-electron chi connectivity index (χ2n) is 6.68. The number of nitrogens with one attached hydrogen (secondary N) is 1. The summed E-state index contributed by atoms with van der Waals surface area (Å²) in [6.45, 7) is 3.80. The van der Waals surface area contributed by atoms with Gasteiger partial charge in [0.15, 0.2) is 0 Å². The smallest absolute Gasteiger partial charge is 0.320 e. The molecule has 1 N–H and O–H groups in total. The lowest BCUT2D eigenvalue weighted by atomic mass is 9.97. The Morgan fingerprint density at radius 3 is 2.76 bits per heavy atom. The molecule has 3 amide bonds. The maximum absolute atomic E-state index is 12.5. The third-order valence-corrected chi connectivity index (χ3v) is 6.88. The normalized spacial score (nSPS) is 20.7. The van der Waals surface area contributed by atoms with Gasteiger partial charge in [0.05, 0.1) is 5.92 Å². The lowest BCUT2D eigenvalue weighted by Crippen LogP contribution is -2.49. The summed E-state index contributed by atoms with van der Waals surface area (Å²) in [6, 6.07) is 4.34. The van der Waals surface area contributed by atoms with E-state index in [1.54, 1.807) is 11.3 Å². The number of amides is 3. The predicted octanol–water partition coefficient (Wildman–Crippen LogP) is 3.03. The van der Waals surface area contributed by atoms with E-state index in [0.717, 1.165) is 56.8 Å². The van der Waals surface area contributed by atoms with Gasteiger partial charge >= 0.3 is 6.03 Å². The van der Waals surface area contributed by atoms with Crippen LogP contribution < -0.4 is 5.32 Å². The van der Waals surface area contributed by atoms with Crippen LogP contribution in [0.1, 0.15) is 30.6 Å². The first kappa shape index (κ1) is 18.6. The molecule has 7 heteroatoms. The van der Waals surface area contributed by atoms with Crippen molar-refractivity contribution in [1.82, 2.24) is 15.1 Å². The SMILES string of the molecule is O=C(NCCSCc1cccs1)[C@H]1CCCN(C(=O)N2CCCC2)C1. The zero-order valence-corrected chi connectivity index (χ0v) is 16.2. The summed E-state index contributed by atoms with van der Waals surface area (Å²) in [5, 5.41) is 5.15. The molecule has 1 aromatic rings. The molecule has 0 aliphatic carbocycles. The first-order valence-corrected chi connectivity index (χ1v) is 11.2. The van der Waals surface area contributed by atoms with Crippen LogP contribution in [0.2, 0.25) is 0 Å². The number of urea groups is 1. The highest BCUT2D eigenvalue weighted by Crippen LogP contribution is 2.20. The number of hydrogen-bond acceptors (Lipinski definition) is 4. The van der Waals surface area contributed by atoms with Crippen LogP contribution in [-0.2, 0) is 10.5 Å². The molecule has 0 unspecified atom stereocenters. The fourth-order valence-corrected chi connectivity index (χ4v) is 5.13. The van der Waals surface area contributed by atoms with E-state index in [2.05, 4.69) is 22.8 Å². The Morgan fingerprint density at radius 2 is 2.00 bits per heavy atom. The van der Waals surface area contributed by atoms with Crippen LogP contribution in [0.15, 0.2) is 17.5 Å². The molecule has 0 saturated carbocycles. The number of rotatable bonds is 6. The Labute approximate surface area is 158 Å². The van der Waals surface area contributed by atoms with Gasteiger partial charge in [0.1, 0.15) is 0 Å². The van der Waals surface area contributed by atoms with E-state index in [1.807, 2.05) is 21.6 Å². The van der Waals surface area contributed by atoms with Crippen molar-refractivity contribution < 1.29 is 9.59 Å². The van der Waals surface area contributed by atoms with Crippen LogP contribution in [-0.4, -0.2) is 60.2 Å². The van der Waals surface area contributed by atoms with E-state index in [4.69, 9.17) is 0 Å². The average Bonchev–Trinajstić information content (AvgIpc) is 3.34. The lowest BCUT2D eigenvalue weighted by Gasteiger charge is -2.34. The molecule has 138 valence electrons. The summed E-state index contributed by atoms with van der Waals surface area (Å²) in [4.78, 5) is 30.1. The molecule has 2 aliphatic rings. The number of likely N-dealkylation sites (tertiary alicyclic amines) is 2. The summed E-state index contributed by atoms with van der Waals surface area (Å²) in [5.41, 5.74) is 0. The van der Waals surface area contributed by atoms with Crippen molar-refractivity contribution in [1.29, 1.82) is 0 Å². The summed E-state index contributed by atoms with van der Waals surface area (Å²) < 4.78 is 0. The quantitative estimate of drug-likeness (QED) is 0.771. The third kappa shape index (κ3) is 5.38. The second kappa shape index (κ2) is 9.48. The number of nitrogens with zero attached hydrogens (tertiary/aromatic N) is 2. The topological polar surface area (TPSA) is 52.7 Å². The van der Waals surface area contributed by atoms with Gasteiger partial charge in [0, 0.05) is 49.1 Å². The third-order valence-electron chi connectivity index (χ3n) is 4.81. The van der Waals surface area contributed by atoms with Crippen LogP contribution in [0.4, 0.5) is 4.79 Å². The summed E-state index contributed by atoms with van der Waals surface area (Å²) in [5.74, 6) is 1.99. The van der Waals surface area contributed by atoms with Crippen LogP contribution in [0.5, 0.6) is 0 Å². The molecule has 0 bridgehead atoms. The van der Waals surface area contributed by atoms with E-state index in [9.17, 15) is 9.59 Å². The summed E-state index contributed by atoms with van der Waals surface area (Å²) >= 11 is 3.62. The van der Waals surface area contributed by atoms with Gasteiger partial charge in [-0.05, 0) is 37.1 Å². The number of carbonyl (C=O) groups is 2.